The van der Waals surface area contributed by atoms with Crippen molar-refractivity contribution in [2.75, 3.05) is 27.3 Å². The number of hydrogen-bond donors (Lipinski definition) is 4. The number of thioether (sulfide) groups is 1. The number of nitrogens with two attached hydrogens (primary N) is 2. The van der Waals surface area contributed by atoms with Crippen molar-refractivity contribution < 1.29 is 13.2 Å². The van der Waals surface area contributed by atoms with Gasteiger partial charge in [0.2, 0.25) is 5.91 Å². The van der Waals surface area contributed by atoms with Crippen LogP contribution in [-0.4, -0.2) is 35.0 Å². The first kappa shape index (κ1) is 19.9. The molecule has 10 nitrogen and oxygen atoms in total. The first-order valence-corrected chi connectivity index (χ1v) is 11.0. The summed E-state index contributed by atoms with van der Waals surface area (Å²) in [6.45, 7) is 0. The maximum atomic E-state index is 12.3. The molecule has 0 radical (unpaired) electrons. The van der Waals surface area contributed by atoms with Crippen LogP contribution in [0, 0.1) is 0 Å². The van der Waals surface area contributed by atoms with E-state index in [0.717, 1.165) is 11.8 Å². The minimum Gasteiger partial charge on any atom is -0.383 e. The van der Waals surface area contributed by atoms with E-state index in [1.807, 2.05) is 0 Å². The van der Waals surface area contributed by atoms with Crippen LogP contribution in [0.5, 0.6) is 0 Å². The lowest BCUT2D eigenvalue weighted by atomic mass is 10.3. The summed E-state index contributed by atoms with van der Waals surface area (Å²) in [5, 5.41) is 4.90. The summed E-state index contributed by atoms with van der Waals surface area (Å²) in [4.78, 5) is 23.9. The minimum atomic E-state index is -3.74. The molecule has 0 unspecified atom stereocenters. The first-order chi connectivity index (χ1) is 13.3. The Kier molecular flexibility index (Phi) is 5.96. The Bertz CT molecular complexity index is 1050. The Morgan fingerprint density at radius 2 is 1.82 bits per heavy atom. The molecule has 2 aromatic heterocycles. The van der Waals surface area contributed by atoms with Crippen molar-refractivity contribution in [2.45, 2.75) is 10.1 Å². The smallest absolute Gasteiger partial charge is 0.263 e. The monoisotopic (exact) mass is 437 g/mol. The molecule has 0 aliphatic heterocycles. The van der Waals surface area contributed by atoms with Crippen molar-refractivity contribution in [3.05, 3.63) is 41.9 Å². The lowest BCUT2D eigenvalue weighted by Crippen LogP contribution is -2.15. The third kappa shape index (κ3) is 5.31. The fourth-order valence-electron chi connectivity index (χ4n) is 2.02. The predicted molar refractivity (Wildman–Crippen MR) is 110 cm³/mol. The molecule has 0 aliphatic rings. The summed E-state index contributed by atoms with van der Waals surface area (Å²) in [7, 11) is -3.74. The van der Waals surface area contributed by atoms with Gasteiger partial charge in [0.05, 0.1) is 10.6 Å². The molecule has 0 atom stereocenters. The molecule has 146 valence electrons. The van der Waals surface area contributed by atoms with Gasteiger partial charge in [-0.1, -0.05) is 11.8 Å². The number of nitrogens with zero attached hydrogens (tertiary/aromatic N) is 3. The van der Waals surface area contributed by atoms with E-state index >= 15 is 0 Å². The molecule has 0 aliphatic carbocycles. The number of carbonyl (C=O) groups excluding carboxylic acids is 1. The van der Waals surface area contributed by atoms with Crippen molar-refractivity contribution in [3.63, 3.8) is 0 Å². The number of hydrogen-bond acceptors (Lipinski definition) is 10. The zero-order chi connectivity index (χ0) is 20.1. The molecule has 1 amide bonds. The van der Waals surface area contributed by atoms with Crippen molar-refractivity contribution in [1.29, 1.82) is 0 Å². The lowest BCUT2D eigenvalue weighted by Gasteiger charge is -2.08. The van der Waals surface area contributed by atoms with Gasteiger partial charge in [-0.2, -0.15) is 0 Å². The zero-order valence-electron chi connectivity index (χ0n) is 14.2. The average Bonchev–Trinajstić information content (AvgIpc) is 3.12. The Labute approximate surface area is 168 Å². The number of benzene rings is 1. The summed E-state index contributed by atoms with van der Waals surface area (Å²) >= 11 is 2.25. The molecule has 0 saturated heterocycles. The summed E-state index contributed by atoms with van der Waals surface area (Å²) in [6.07, 6.45) is 1.50. The molecule has 3 rings (SSSR count). The molecule has 0 saturated carbocycles. The largest absolute Gasteiger partial charge is 0.383 e. The predicted octanol–water partition coefficient (Wildman–Crippen LogP) is 1.63. The highest BCUT2D eigenvalue weighted by molar-refractivity contribution is 7.99. The highest BCUT2D eigenvalue weighted by Gasteiger charge is 2.15. The van der Waals surface area contributed by atoms with Gasteiger partial charge >= 0.3 is 0 Å². The van der Waals surface area contributed by atoms with Crippen LogP contribution in [0.1, 0.15) is 0 Å². The molecule has 0 bridgehead atoms. The number of rotatable bonds is 7. The van der Waals surface area contributed by atoms with Crippen LogP contribution < -0.4 is 21.5 Å². The van der Waals surface area contributed by atoms with Gasteiger partial charge < -0.3 is 16.8 Å². The van der Waals surface area contributed by atoms with Crippen LogP contribution in [0.4, 0.5) is 22.5 Å². The first-order valence-electron chi connectivity index (χ1n) is 7.67. The van der Waals surface area contributed by atoms with Gasteiger partial charge in [-0.25, -0.2) is 23.4 Å². The fourth-order valence-corrected chi connectivity index (χ4v) is 4.48. The molecular weight excluding hydrogens is 422 g/mol. The summed E-state index contributed by atoms with van der Waals surface area (Å²) in [5.74, 6) is 0.164. The van der Waals surface area contributed by atoms with Crippen LogP contribution in [0.2, 0.25) is 0 Å². The van der Waals surface area contributed by atoms with E-state index in [-0.39, 0.29) is 33.3 Å². The van der Waals surface area contributed by atoms with Crippen molar-refractivity contribution >= 4 is 61.5 Å². The third-order valence-corrected chi connectivity index (χ3v) is 6.20. The molecule has 3 aromatic rings. The normalized spacial score (nSPS) is 11.1. The Hall–Kier alpha value is -2.90. The van der Waals surface area contributed by atoms with Crippen LogP contribution in [-0.2, 0) is 14.8 Å². The Morgan fingerprint density at radius 1 is 1.14 bits per heavy atom. The number of anilines is 4. The van der Waals surface area contributed by atoms with E-state index in [0.29, 0.717) is 10.8 Å². The maximum absolute atomic E-state index is 12.3. The van der Waals surface area contributed by atoms with Gasteiger partial charge in [-0.15, -0.1) is 11.3 Å². The third-order valence-electron chi connectivity index (χ3n) is 3.18. The number of amides is 1. The second-order valence-corrected chi connectivity index (χ2v) is 8.82. The summed E-state index contributed by atoms with van der Waals surface area (Å²) in [6, 6.07) is 7.19. The zero-order valence-corrected chi connectivity index (χ0v) is 16.6. The second kappa shape index (κ2) is 8.41. The van der Waals surface area contributed by atoms with Crippen molar-refractivity contribution in [3.8, 4) is 0 Å². The quantitative estimate of drug-likeness (QED) is 0.317. The van der Waals surface area contributed by atoms with Crippen LogP contribution in [0.25, 0.3) is 0 Å². The van der Waals surface area contributed by atoms with Crippen LogP contribution in [0.15, 0.2) is 52.0 Å². The number of thiazole rings is 1. The van der Waals surface area contributed by atoms with Gasteiger partial charge in [-0.3, -0.25) is 9.52 Å². The number of sulfonamides is 1. The van der Waals surface area contributed by atoms with Crippen LogP contribution >= 0.6 is 23.1 Å². The molecule has 6 N–H and O–H groups in total. The standard InChI is InChI=1S/C15H15N7O3S3/c16-11-7-12(17)21-15(20-11)27-8-13(23)19-9-1-3-10(4-2-9)28(24,25)22-14-18-5-6-26-14/h1-7H,8H2,(H,18,22)(H,19,23)(H4,16,17,20,21). The second-order valence-electron chi connectivity index (χ2n) is 5.30. The van der Waals surface area contributed by atoms with Gasteiger partial charge in [0.15, 0.2) is 10.3 Å². The molecule has 13 heteroatoms. The summed E-state index contributed by atoms with van der Waals surface area (Å²) in [5.41, 5.74) is 11.6. The van der Waals surface area contributed by atoms with E-state index < -0.39 is 10.0 Å². The van der Waals surface area contributed by atoms with Crippen molar-refractivity contribution in [2.24, 2.45) is 0 Å². The average molecular weight is 438 g/mol. The molecule has 2 heterocycles. The van der Waals surface area contributed by atoms with E-state index in [1.54, 1.807) is 5.38 Å². The SMILES string of the molecule is Nc1cc(N)nc(SCC(=O)Nc2ccc(S(=O)(=O)Nc3nccs3)cc2)n1. The Morgan fingerprint density at radius 3 is 2.43 bits per heavy atom. The highest BCUT2D eigenvalue weighted by Crippen LogP contribution is 2.20. The number of nitrogens with one attached hydrogen (secondary N) is 2. The Balaban J connectivity index is 1.58. The molecular formula is C15H15N7O3S3. The summed E-state index contributed by atoms with van der Waals surface area (Å²) < 4.78 is 26.9. The van der Waals surface area contributed by atoms with E-state index in [4.69, 9.17) is 11.5 Å². The fraction of sp³-hybridized carbons (Fsp3) is 0.0667. The number of aromatic nitrogens is 3. The van der Waals surface area contributed by atoms with E-state index in [9.17, 15) is 13.2 Å². The van der Waals surface area contributed by atoms with Crippen LogP contribution in [0.3, 0.4) is 0 Å². The molecule has 0 fully saturated rings. The molecule has 28 heavy (non-hydrogen) atoms. The minimum absolute atomic E-state index is 0.0363. The van der Waals surface area contributed by atoms with Gasteiger partial charge in [0.25, 0.3) is 10.0 Å². The lowest BCUT2D eigenvalue weighted by molar-refractivity contribution is -0.113. The van der Waals surface area contributed by atoms with Crippen molar-refractivity contribution in [1.82, 2.24) is 15.0 Å². The topological polar surface area (TPSA) is 166 Å². The van der Waals surface area contributed by atoms with Gasteiger partial charge in [0.1, 0.15) is 11.6 Å². The number of nitrogen functional groups attached to an aromatic ring is 2. The van der Waals surface area contributed by atoms with Gasteiger partial charge in [0, 0.05) is 23.3 Å². The van der Waals surface area contributed by atoms with Gasteiger partial charge in [-0.05, 0) is 24.3 Å². The van der Waals surface area contributed by atoms with E-state index in [2.05, 4.69) is 25.0 Å². The maximum Gasteiger partial charge on any atom is 0.263 e. The highest BCUT2D eigenvalue weighted by atomic mass is 32.2. The number of carbonyl (C=O) groups is 1. The molecule has 0 spiro atoms. The van der Waals surface area contributed by atoms with E-state index in [1.165, 1.54) is 47.9 Å². The molecule has 1 aromatic carbocycles.